The molecule has 6 heteroatoms. The van der Waals surface area contributed by atoms with Crippen LogP contribution in [0.15, 0.2) is 6.20 Å². The number of likely N-dealkylation sites (N-methyl/N-ethyl adjacent to an activating group) is 2. The quantitative estimate of drug-likeness (QED) is 0.861. The number of rotatable bonds is 6. The summed E-state index contributed by atoms with van der Waals surface area (Å²) in [6.45, 7) is 5.52. The van der Waals surface area contributed by atoms with Crippen LogP contribution < -0.4 is 0 Å². The molecule has 0 fully saturated rings. The third-order valence-corrected chi connectivity index (χ3v) is 3.96. The Balaban J connectivity index is 3.02. The van der Waals surface area contributed by atoms with E-state index in [1.54, 1.807) is 10.9 Å². The van der Waals surface area contributed by atoms with Crippen LogP contribution in [0.2, 0.25) is 5.02 Å². The molecule has 0 aliphatic rings. The van der Waals surface area contributed by atoms with Crippen molar-refractivity contribution in [2.75, 3.05) is 34.7 Å². The van der Waals surface area contributed by atoms with E-state index in [-0.39, 0.29) is 0 Å². The first-order valence-corrected chi connectivity index (χ1v) is 6.77. The van der Waals surface area contributed by atoms with E-state index in [0.717, 1.165) is 6.54 Å². The van der Waals surface area contributed by atoms with Crippen molar-refractivity contribution >= 4 is 11.6 Å². The van der Waals surface area contributed by atoms with Crippen molar-refractivity contribution in [1.82, 2.24) is 19.6 Å². The van der Waals surface area contributed by atoms with E-state index in [9.17, 15) is 5.11 Å². The maximum Gasteiger partial charge on any atom is 0.115 e. The highest BCUT2D eigenvalue weighted by molar-refractivity contribution is 6.31. The summed E-state index contributed by atoms with van der Waals surface area (Å²) in [6, 6.07) is 0. The summed E-state index contributed by atoms with van der Waals surface area (Å²) in [5.41, 5.74) is 0.265. The Morgan fingerprint density at radius 3 is 2.42 bits per heavy atom. The molecule has 1 atom stereocenters. The maximum absolute atomic E-state index is 10.6. The van der Waals surface area contributed by atoms with Crippen LogP contribution in [-0.2, 0) is 6.54 Å². The molecule has 1 aromatic rings. The number of halogens is 1. The van der Waals surface area contributed by atoms with Crippen molar-refractivity contribution in [2.45, 2.75) is 32.0 Å². The molecule has 1 rings (SSSR count). The molecule has 5 nitrogen and oxygen atoms in total. The molecule has 19 heavy (non-hydrogen) atoms. The van der Waals surface area contributed by atoms with Crippen molar-refractivity contribution in [3.05, 3.63) is 16.9 Å². The summed E-state index contributed by atoms with van der Waals surface area (Å²) in [4.78, 5) is 4.06. The van der Waals surface area contributed by atoms with Gasteiger partial charge in [0.2, 0.25) is 0 Å². The largest absolute Gasteiger partial charge is 0.385 e. The number of aromatic nitrogens is 2. The first-order chi connectivity index (χ1) is 8.67. The summed E-state index contributed by atoms with van der Waals surface area (Å²) < 4.78 is 1.79. The van der Waals surface area contributed by atoms with Gasteiger partial charge in [-0.2, -0.15) is 5.10 Å². The average Bonchev–Trinajstić information content (AvgIpc) is 2.66. The fourth-order valence-corrected chi connectivity index (χ4v) is 1.94. The van der Waals surface area contributed by atoms with Gasteiger partial charge in [-0.15, -0.1) is 0 Å². The zero-order valence-electron chi connectivity index (χ0n) is 12.7. The lowest BCUT2D eigenvalue weighted by Gasteiger charge is -2.37. The molecule has 0 amide bonds. The molecule has 1 aromatic heterocycles. The van der Waals surface area contributed by atoms with Gasteiger partial charge in [0.15, 0.2) is 0 Å². The zero-order chi connectivity index (χ0) is 14.8. The predicted octanol–water partition coefficient (Wildman–Crippen LogP) is 1.47. The lowest BCUT2D eigenvalue weighted by Crippen LogP contribution is -2.44. The summed E-state index contributed by atoms with van der Waals surface area (Å²) in [5.74, 6) is 0. The predicted molar refractivity (Wildman–Crippen MR) is 78.5 cm³/mol. The van der Waals surface area contributed by atoms with E-state index in [1.165, 1.54) is 0 Å². The van der Waals surface area contributed by atoms with Gasteiger partial charge in [0.05, 0.1) is 23.5 Å². The molecular weight excluding hydrogens is 264 g/mol. The second-order valence-electron chi connectivity index (χ2n) is 5.85. The van der Waals surface area contributed by atoms with Crippen LogP contribution in [0.4, 0.5) is 0 Å². The molecule has 0 aliphatic carbocycles. The lowest BCUT2D eigenvalue weighted by molar-refractivity contribution is 0.0105. The fraction of sp³-hybridized carbons (Fsp3) is 0.769. The molecule has 0 saturated carbocycles. The number of hydrogen-bond donors (Lipinski definition) is 1. The Morgan fingerprint density at radius 2 is 1.95 bits per heavy atom. The van der Waals surface area contributed by atoms with Crippen molar-refractivity contribution in [3.8, 4) is 0 Å². The van der Waals surface area contributed by atoms with Gasteiger partial charge in [-0.3, -0.25) is 4.68 Å². The molecule has 1 N–H and O–H groups in total. The Kier molecular flexibility index (Phi) is 5.38. The highest BCUT2D eigenvalue weighted by Gasteiger charge is 2.35. The van der Waals surface area contributed by atoms with Crippen LogP contribution in [0.25, 0.3) is 0 Å². The minimum atomic E-state index is -0.695. The van der Waals surface area contributed by atoms with E-state index in [2.05, 4.69) is 10.00 Å². The Labute approximate surface area is 120 Å². The van der Waals surface area contributed by atoms with Gasteiger partial charge in [0.25, 0.3) is 0 Å². The van der Waals surface area contributed by atoms with Gasteiger partial charge in [-0.25, -0.2) is 0 Å². The zero-order valence-corrected chi connectivity index (χ0v) is 13.4. The van der Waals surface area contributed by atoms with Gasteiger partial charge < -0.3 is 14.9 Å². The summed E-state index contributed by atoms with van der Waals surface area (Å²) in [5, 5.41) is 15.4. The number of nitrogens with zero attached hydrogens (tertiary/aromatic N) is 4. The molecule has 0 aliphatic heterocycles. The molecule has 0 spiro atoms. The van der Waals surface area contributed by atoms with Crippen molar-refractivity contribution in [3.63, 3.8) is 0 Å². The Bertz CT molecular complexity index is 415. The normalized spacial score (nSPS) is 14.4. The first kappa shape index (κ1) is 16.4. The maximum atomic E-state index is 10.6. The topological polar surface area (TPSA) is 44.5 Å². The van der Waals surface area contributed by atoms with Crippen molar-refractivity contribution < 1.29 is 5.11 Å². The van der Waals surface area contributed by atoms with E-state index in [4.69, 9.17) is 11.6 Å². The van der Waals surface area contributed by atoms with E-state index in [0.29, 0.717) is 17.3 Å². The third-order valence-electron chi connectivity index (χ3n) is 3.67. The summed E-state index contributed by atoms with van der Waals surface area (Å²) in [6.07, 6.45) is 0.904. The third kappa shape index (κ3) is 3.69. The number of aliphatic hydroxyl groups is 1. The van der Waals surface area contributed by atoms with E-state index in [1.807, 2.05) is 46.9 Å². The Morgan fingerprint density at radius 1 is 1.37 bits per heavy atom. The van der Waals surface area contributed by atoms with Crippen molar-refractivity contribution in [2.24, 2.45) is 0 Å². The summed E-state index contributed by atoms with van der Waals surface area (Å²) >= 11 is 6.19. The number of hydrogen-bond acceptors (Lipinski definition) is 4. The molecule has 1 unspecified atom stereocenters. The SMILES string of the molecule is CN(C)CCn1ncc(Cl)c1C(O)C(C)(C)N(C)C. The second-order valence-corrected chi connectivity index (χ2v) is 6.26. The highest BCUT2D eigenvalue weighted by Crippen LogP contribution is 2.33. The Hall–Kier alpha value is -0.620. The average molecular weight is 289 g/mol. The van der Waals surface area contributed by atoms with Gasteiger partial charge in [-0.1, -0.05) is 11.6 Å². The fourth-order valence-electron chi connectivity index (χ4n) is 1.70. The minimum Gasteiger partial charge on any atom is -0.385 e. The summed E-state index contributed by atoms with van der Waals surface area (Å²) in [7, 11) is 7.89. The van der Waals surface area contributed by atoms with Crippen LogP contribution in [0.1, 0.15) is 25.6 Å². The van der Waals surface area contributed by atoms with E-state index < -0.39 is 11.6 Å². The highest BCUT2D eigenvalue weighted by atomic mass is 35.5. The molecule has 1 heterocycles. The minimum absolute atomic E-state index is 0.417. The lowest BCUT2D eigenvalue weighted by atomic mass is 9.93. The van der Waals surface area contributed by atoms with E-state index >= 15 is 0 Å². The molecule has 110 valence electrons. The van der Waals surface area contributed by atoms with Crippen LogP contribution in [-0.4, -0.2) is 65.0 Å². The molecule has 0 aromatic carbocycles. The molecule has 0 radical (unpaired) electrons. The number of aliphatic hydroxyl groups excluding tert-OH is 1. The van der Waals surface area contributed by atoms with Crippen LogP contribution in [0.5, 0.6) is 0 Å². The van der Waals surface area contributed by atoms with Crippen molar-refractivity contribution in [1.29, 1.82) is 0 Å². The monoisotopic (exact) mass is 288 g/mol. The second kappa shape index (κ2) is 6.22. The molecular formula is C13H25ClN4O. The first-order valence-electron chi connectivity index (χ1n) is 6.39. The van der Waals surface area contributed by atoms with Gasteiger partial charge >= 0.3 is 0 Å². The molecule has 0 bridgehead atoms. The van der Waals surface area contributed by atoms with Crippen LogP contribution >= 0.6 is 11.6 Å². The molecule has 0 saturated heterocycles. The van der Waals surface area contributed by atoms with Gasteiger partial charge in [-0.05, 0) is 42.0 Å². The smallest absolute Gasteiger partial charge is 0.115 e. The van der Waals surface area contributed by atoms with Gasteiger partial charge in [0, 0.05) is 12.1 Å². The standard InChI is InChI=1S/C13H25ClN4O/c1-13(2,17(5)6)12(19)11-10(14)9-15-18(11)8-7-16(3)4/h9,12,19H,7-8H2,1-6H3. The van der Waals surface area contributed by atoms with Gasteiger partial charge in [0.1, 0.15) is 6.10 Å². The van der Waals surface area contributed by atoms with Crippen LogP contribution in [0.3, 0.4) is 0 Å². The van der Waals surface area contributed by atoms with Crippen LogP contribution in [0, 0.1) is 0 Å².